The summed E-state index contributed by atoms with van der Waals surface area (Å²) in [6.45, 7) is 2.74. The number of aryl methyl sites for hydroxylation is 1. The zero-order chi connectivity index (χ0) is 50.6. The Kier molecular flexibility index (Phi) is 17.0. The van der Waals surface area contributed by atoms with Crippen molar-refractivity contribution in [1.82, 2.24) is 35.3 Å². The van der Waals surface area contributed by atoms with Crippen LogP contribution in [-0.4, -0.2) is 127 Å². The molecule has 6 aromatic rings. The SMILES string of the molecule is O=C(COCCOCCOCCOc1ccc(CCc2c(-c3ccc(C(F)(F)F)cc3)[nH]n(-c3nc4ccc(Cl)cc4[nH]3)c2=O)cc1)NCCOCCOc1cccc2c1CN(C1CCC(=O)NC1=O)C2=O. The maximum Gasteiger partial charge on any atom is 0.416 e. The standard InChI is InChI=1S/C50H51ClF3N7O11/c51-34-11-15-39-40(28-34)57-49(56-39)61-48(66)37(45(59-61)32-7-9-33(10-8-32)50(52,53)54)14-6-31-4-12-35(13-5-31)71-26-24-69-21-20-68-22-23-70-30-44(63)55-18-19-67-25-27-72-42-3-1-2-36-38(42)29-60(47(36)65)41-16-17-43(62)58-46(41)64/h1-5,7-13,15,28,41,59H,6,14,16-27,29-30H2,(H,55,63)(H,56,57)(H,58,62,64). The Balaban J connectivity index is 0.661. The highest BCUT2D eigenvalue weighted by atomic mass is 35.5. The van der Waals surface area contributed by atoms with E-state index in [2.05, 4.69) is 25.7 Å². The third-order valence-corrected chi connectivity index (χ3v) is 12.0. The van der Waals surface area contributed by atoms with Crippen LogP contribution in [0.1, 0.15) is 45.5 Å². The molecule has 2 aliphatic rings. The van der Waals surface area contributed by atoms with Crippen molar-refractivity contribution in [2.24, 2.45) is 0 Å². The average molecular weight is 1020 g/mol. The summed E-state index contributed by atoms with van der Waals surface area (Å²) in [6, 6.07) is 21.5. The molecule has 8 rings (SSSR count). The minimum atomic E-state index is -4.51. The number of nitrogens with one attached hydrogen (secondary N) is 4. The highest BCUT2D eigenvalue weighted by molar-refractivity contribution is 6.31. The quantitative estimate of drug-likeness (QED) is 0.0409. The predicted octanol–water partition coefficient (Wildman–Crippen LogP) is 5.57. The minimum Gasteiger partial charge on any atom is -0.491 e. The Hall–Kier alpha value is -7.04. The number of imidazole rings is 1. The van der Waals surface area contributed by atoms with Gasteiger partial charge in [0.15, 0.2) is 0 Å². The monoisotopic (exact) mass is 1020 g/mol. The van der Waals surface area contributed by atoms with Gasteiger partial charge in [-0.15, -0.1) is 0 Å². The summed E-state index contributed by atoms with van der Waals surface area (Å²) in [5, 5.41) is 8.55. The Labute approximate surface area is 415 Å². The highest BCUT2D eigenvalue weighted by Crippen LogP contribution is 2.34. The van der Waals surface area contributed by atoms with E-state index in [9.17, 15) is 37.1 Å². The van der Waals surface area contributed by atoms with Crippen LogP contribution in [0.4, 0.5) is 13.2 Å². The van der Waals surface area contributed by atoms with Gasteiger partial charge in [-0.2, -0.15) is 17.9 Å². The molecule has 2 aliphatic heterocycles. The van der Waals surface area contributed by atoms with Gasteiger partial charge in [-0.3, -0.25) is 34.4 Å². The number of aromatic amines is 2. The first-order chi connectivity index (χ1) is 34.8. The average Bonchev–Trinajstić information content (AvgIpc) is 4.04. The number of imide groups is 1. The van der Waals surface area contributed by atoms with E-state index in [1.165, 1.54) is 21.7 Å². The zero-order valence-electron chi connectivity index (χ0n) is 38.8. The molecule has 18 nitrogen and oxygen atoms in total. The lowest BCUT2D eigenvalue weighted by Crippen LogP contribution is -2.52. The van der Waals surface area contributed by atoms with Gasteiger partial charge in [0.2, 0.25) is 23.7 Å². The maximum atomic E-state index is 13.8. The number of benzene rings is 4. The van der Waals surface area contributed by atoms with Crippen LogP contribution >= 0.6 is 11.6 Å². The molecule has 1 saturated heterocycles. The second kappa shape index (κ2) is 23.9. The fourth-order valence-electron chi connectivity index (χ4n) is 8.16. The Morgan fingerprint density at radius 1 is 0.806 bits per heavy atom. The van der Waals surface area contributed by atoms with Crippen molar-refractivity contribution in [1.29, 1.82) is 0 Å². The van der Waals surface area contributed by atoms with Crippen molar-refractivity contribution in [3.05, 3.63) is 128 Å². The van der Waals surface area contributed by atoms with Gasteiger partial charge in [-0.1, -0.05) is 41.9 Å². The van der Waals surface area contributed by atoms with E-state index in [1.54, 1.807) is 36.4 Å². The third kappa shape index (κ3) is 13.1. The van der Waals surface area contributed by atoms with Gasteiger partial charge < -0.3 is 43.6 Å². The van der Waals surface area contributed by atoms with Gasteiger partial charge >= 0.3 is 6.18 Å². The first-order valence-corrected chi connectivity index (χ1v) is 23.6. The first kappa shape index (κ1) is 51.3. The van der Waals surface area contributed by atoms with E-state index in [4.69, 9.17) is 40.0 Å². The molecule has 380 valence electrons. The summed E-state index contributed by atoms with van der Waals surface area (Å²) in [5.74, 6) is -0.0623. The van der Waals surface area contributed by atoms with Crippen LogP contribution in [0.3, 0.4) is 0 Å². The molecule has 0 aliphatic carbocycles. The molecule has 4 amide bonds. The molecule has 1 fully saturated rings. The van der Waals surface area contributed by atoms with E-state index in [0.717, 1.165) is 17.7 Å². The number of aromatic nitrogens is 4. The molecule has 0 bridgehead atoms. The molecule has 4 N–H and O–H groups in total. The van der Waals surface area contributed by atoms with E-state index in [0.29, 0.717) is 81.7 Å². The lowest BCUT2D eigenvalue weighted by molar-refractivity contribution is -0.138. The van der Waals surface area contributed by atoms with Crippen LogP contribution in [0, 0.1) is 0 Å². The number of carbonyl (C=O) groups is 4. The molecule has 1 unspecified atom stereocenters. The molecule has 22 heteroatoms. The molecule has 4 heterocycles. The van der Waals surface area contributed by atoms with Gasteiger partial charge in [-0.05, 0) is 85.0 Å². The lowest BCUT2D eigenvalue weighted by Gasteiger charge is -2.29. The smallest absolute Gasteiger partial charge is 0.416 e. The fraction of sp³-hybridized carbons (Fsp3) is 0.360. The fourth-order valence-corrected chi connectivity index (χ4v) is 8.33. The molecule has 0 radical (unpaired) electrons. The number of hydrogen-bond donors (Lipinski definition) is 4. The van der Waals surface area contributed by atoms with Crippen molar-refractivity contribution in [3.8, 4) is 28.7 Å². The van der Waals surface area contributed by atoms with Crippen molar-refractivity contribution in [2.75, 3.05) is 72.6 Å². The highest BCUT2D eigenvalue weighted by Gasteiger charge is 2.40. The first-order valence-electron chi connectivity index (χ1n) is 23.2. The van der Waals surface area contributed by atoms with E-state index < -0.39 is 29.2 Å². The number of nitrogens with zero attached hydrogens (tertiary/aromatic N) is 3. The molecular weight excluding hydrogens is 967 g/mol. The number of fused-ring (bicyclic) bond motifs is 2. The molecular formula is C50H51ClF3N7O11. The molecule has 72 heavy (non-hydrogen) atoms. The molecule has 0 saturated carbocycles. The van der Waals surface area contributed by atoms with Gasteiger partial charge in [0.05, 0.1) is 75.1 Å². The van der Waals surface area contributed by atoms with Crippen LogP contribution < -0.4 is 25.7 Å². The normalized spacial score (nSPS) is 14.8. The number of ether oxygens (including phenoxy) is 6. The van der Waals surface area contributed by atoms with Gasteiger partial charge in [0.1, 0.15) is 37.4 Å². The number of alkyl halides is 3. The predicted molar refractivity (Wildman–Crippen MR) is 255 cm³/mol. The minimum absolute atomic E-state index is 0.142. The van der Waals surface area contributed by atoms with Crippen LogP contribution in [0.15, 0.2) is 89.7 Å². The summed E-state index contributed by atoms with van der Waals surface area (Å²) in [4.78, 5) is 71.9. The lowest BCUT2D eigenvalue weighted by atomic mass is 10.0. The van der Waals surface area contributed by atoms with E-state index in [1.807, 2.05) is 24.3 Å². The number of rotatable bonds is 25. The third-order valence-electron chi connectivity index (χ3n) is 11.8. The summed E-state index contributed by atoms with van der Waals surface area (Å²) in [7, 11) is 0. The summed E-state index contributed by atoms with van der Waals surface area (Å²) in [5.41, 5.74) is 3.22. The number of carbonyl (C=O) groups excluding carboxylic acids is 4. The summed E-state index contributed by atoms with van der Waals surface area (Å²) in [6.07, 6.45) is -3.33. The molecule has 2 aromatic heterocycles. The number of hydrogen-bond acceptors (Lipinski definition) is 12. The van der Waals surface area contributed by atoms with Gasteiger partial charge in [-0.25, -0.2) is 4.98 Å². The number of halogens is 4. The van der Waals surface area contributed by atoms with Crippen molar-refractivity contribution in [2.45, 2.75) is 44.4 Å². The van der Waals surface area contributed by atoms with Crippen molar-refractivity contribution < 1.29 is 60.8 Å². The van der Waals surface area contributed by atoms with Crippen LogP contribution in [0.25, 0.3) is 28.2 Å². The Morgan fingerprint density at radius 2 is 1.51 bits per heavy atom. The summed E-state index contributed by atoms with van der Waals surface area (Å²) >= 11 is 6.14. The molecule has 1 atom stereocenters. The Morgan fingerprint density at radius 3 is 2.25 bits per heavy atom. The number of piperidine rings is 1. The second-order valence-corrected chi connectivity index (χ2v) is 17.1. The van der Waals surface area contributed by atoms with Crippen molar-refractivity contribution >= 4 is 46.3 Å². The van der Waals surface area contributed by atoms with Crippen LogP contribution in [0.2, 0.25) is 5.02 Å². The molecule has 4 aromatic carbocycles. The second-order valence-electron chi connectivity index (χ2n) is 16.7. The summed E-state index contributed by atoms with van der Waals surface area (Å²) < 4.78 is 75.0. The molecule has 0 spiro atoms. The van der Waals surface area contributed by atoms with Crippen LogP contribution in [-0.2, 0) is 58.9 Å². The van der Waals surface area contributed by atoms with E-state index in [-0.39, 0.29) is 102 Å². The Bertz CT molecular complexity index is 2920. The number of amides is 4. The zero-order valence-corrected chi connectivity index (χ0v) is 39.6. The van der Waals surface area contributed by atoms with Crippen LogP contribution in [0.5, 0.6) is 11.5 Å². The topological polar surface area (TPSA) is 217 Å². The largest absolute Gasteiger partial charge is 0.491 e. The van der Waals surface area contributed by atoms with Gasteiger partial charge in [0, 0.05) is 34.7 Å². The van der Waals surface area contributed by atoms with Gasteiger partial charge in [0.25, 0.3) is 11.5 Å². The van der Waals surface area contributed by atoms with Crippen molar-refractivity contribution in [3.63, 3.8) is 0 Å². The van der Waals surface area contributed by atoms with E-state index >= 15 is 0 Å². The maximum absolute atomic E-state index is 13.8. The number of H-pyrrole nitrogens is 2.